The molecule has 3 N–H and O–H groups in total. The van der Waals surface area contributed by atoms with Crippen LogP contribution in [0.4, 0.5) is 0 Å². The van der Waals surface area contributed by atoms with E-state index >= 15 is 0 Å². The maximum absolute atomic E-state index is 12.6. The van der Waals surface area contributed by atoms with Gasteiger partial charge in [-0.1, -0.05) is 195 Å². The molecule has 0 amide bonds. The number of phosphoric ester groups is 1. The highest BCUT2D eigenvalue weighted by Crippen LogP contribution is 2.43. The summed E-state index contributed by atoms with van der Waals surface area (Å²) in [7, 11) is -4.30. The zero-order valence-corrected chi connectivity index (χ0v) is 40.7. The van der Waals surface area contributed by atoms with Crippen LogP contribution in [0.2, 0.25) is 0 Å². The normalized spacial score (nSPS) is 14.1. The number of hydrogen-bond donors (Lipinski definition) is 2. The minimum absolute atomic E-state index is 0.0904. The van der Waals surface area contributed by atoms with Gasteiger partial charge < -0.3 is 20.1 Å². The van der Waals surface area contributed by atoms with Gasteiger partial charge in [0.15, 0.2) is 0 Å². The molecule has 2 unspecified atom stereocenters. The lowest BCUT2D eigenvalue weighted by atomic mass is 10.0. The van der Waals surface area contributed by atoms with Gasteiger partial charge in [0, 0.05) is 19.6 Å². The lowest BCUT2D eigenvalue weighted by Gasteiger charge is -2.20. The van der Waals surface area contributed by atoms with Crippen LogP contribution < -0.4 is 5.73 Å². The van der Waals surface area contributed by atoms with Gasteiger partial charge in [-0.2, -0.15) is 0 Å². The number of allylic oxidation sites excluding steroid dienone is 14. The fourth-order valence-electron chi connectivity index (χ4n) is 6.64. The molecule has 0 aliphatic heterocycles. The zero-order chi connectivity index (χ0) is 45.1. The van der Waals surface area contributed by atoms with E-state index in [0.29, 0.717) is 13.0 Å². The van der Waals surface area contributed by atoms with E-state index in [1.54, 1.807) is 0 Å². The minimum Gasteiger partial charge on any atom is -0.457 e. The summed E-state index contributed by atoms with van der Waals surface area (Å²) in [6, 6.07) is 0. The quantitative estimate of drug-likeness (QED) is 0.0269. The fraction of sp³-hybridized carbons (Fsp3) is 0.717. The van der Waals surface area contributed by atoms with Crippen LogP contribution in [0.3, 0.4) is 0 Å². The number of phosphoric acid groups is 1. The number of carbonyl (C=O) groups excluding carboxylic acids is 1. The second-order valence-electron chi connectivity index (χ2n) is 16.3. The van der Waals surface area contributed by atoms with Crippen LogP contribution in [-0.2, 0) is 27.9 Å². The van der Waals surface area contributed by atoms with E-state index in [1.807, 2.05) is 0 Å². The molecule has 0 heterocycles. The first-order chi connectivity index (χ1) is 30.4. The highest BCUT2D eigenvalue weighted by molar-refractivity contribution is 7.47. The summed E-state index contributed by atoms with van der Waals surface area (Å²) >= 11 is 0. The van der Waals surface area contributed by atoms with E-state index in [4.69, 9.17) is 24.3 Å². The van der Waals surface area contributed by atoms with Gasteiger partial charge in [0.05, 0.1) is 19.8 Å². The Morgan fingerprint density at radius 2 is 0.903 bits per heavy atom. The molecule has 8 nitrogen and oxygen atoms in total. The predicted molar refractivity (Wildman–Crippen MR) is 265 cm³/mol. The van der Waals surface area contributed by atoms with Crippen molar-refractivity contribution in [3.8, 4) is 0 Å². The molecular weight excluding hydrogens is 794 g/mol. The second kappa shape index (κ2) is 49.7. The summed E-state index contributed by atoms with van der Waals surface area (Å²) in [4.78, 5) is 22.6. The second-order valence-corrected chi connectivity index (χ2v) is 17.7. The predicted octanol–water partition coefficient (Wildman–Crippen LogP) is 15.6. The van der Waals surface area contributed by atoms with Crippen molar-refractivity contribution in [2.45, 2.75) is 213 Å². The first kappa shape index (κ1) is 59.7. The summed E-state index contributed by atoms with van der Waals surface area (Å²) in [5.41, 5.74) is 5.38. The van der Waals surface area contributed by atoms with Crippen molar-refractivity contribution in [1.82, 2.24) is 0 Å². The standard InChI is InChI=1S/C53H94NO7P/c1-3-5-7-9-11-13-15-17-19-21-23-24-25-26-27-29-31-33-35-37-39-41-43-45-48-58-50-52(51-60-62(56,57)59-49-47-54)61-53(55)46-44-42-40-38-36-34-32-30-28-22-20-18-16-14-12-10-8-6-4-2/h6,8,12,14-15,17-18,20-21,23,28,30,34,36,52H,3-5,7,9-11,13,16,19,22,24-27,29,31-33,35,37-51,54H2,1-2H3,(H,56,57)/b8-6-,14-12-,17-15-,20-18-,23-21-,30-28-,36-34-. The van der Waals surface area contributed by atoms with Crippen LogP contribution in [0.25, 0.3) is 0 Å². The number of nitrogens with two attached hydrogens (primary N) is 1. The molecule has 0 fully saturated rings. The van der Waals surface area contributed by atoms with Gasteiger partial charge in [-0.15, -0.1) is 0 Å². The van der Waals surface area contributed by atoms with Crippen LogP contribution >= 0.6 is 7.82 Å². The third-order valence-corrected chi connectivity index (χ3v) is 11.3. The average Bonchev–Trinajstić information content (AvgIpc) is 3.26. The monoisotopic (exact) mass is 888 g/mol. The van der Waals surface area contributed by atoms with Crippen LogP contribution in [-0.4, -0.2) is 49.9 Å². The zero-order valence-electron chi connectivity index (χ0n) is 39.8. The molecule has 0 aromatic rings. The number of carbonyl (C=O) groups is 1. The summed E-state index contributed by atoms with van der Waals surface area (Å²) in [5, 5.41) is 0. The molecule has 2 atom stereocenters. The van der Waals surface area contributed by atoms with Crippen LogP contribution in [0.5, 0.6) is 0 Å². The Balaban J connectivity index is 4.01. The van der Waals surface area contributed by atoms with Gasteiger partial charge in [0.2, 0.25) is 0 Å². The largest absolute Gasteiger partial charge is 0.472 e. The third-order valence-electron chi connectivity index (χ3n) is 10.3. The van der Waals surface area contributed by atoms with E-state index in [2.05, 4.69) is 98.9 Å². The van der Waals surface area contributed by atoms with Gasteiger partial charge in [0.1, 0.15) is 6.10 Å². The van der Waals surface area contributed by atoms with E-state index in [1.165, 1.54) is 109 Å². The van der Waals surface area contributed by atoms with E-state index < -0.39 is 13.9 Å². The molecule has 0 radical (unpaired) electrons. The molecule has 0 saturated heterocycles. The Hall–Kier alpha value is -2.32. The van der Waals surface area contributed by atoms with E-state index in [-0.39, 0.29) is 38.8 Å². The molecule has 0 rings (SSSR count). The Morgan fingerprint density at radius 1 is 0.500 bits per heavy atom. The topological polar surface area (TPSA) is 117 Å². The number of rotatable bonds is 47. The Morgan fingerprint density at radius 3 is 1.35 bits per heavy atom. The maximum Gasteiger partial charge on any atom is 0.472 e. The van der Waals surface area contributed by atoms with Crippen LogP contribution in [0, 0.1) is 0 Å². The lowest BCUT2D eigenvalue weighted by molar-refractivity contribution is -0.154. The molecular formula is C53H94NO7P. The number of ether oxygens (including phenoxy) is 2. The number of hydrogen-bond acceptors (Lipinski definition) is 7. The maximum atomic E-state index is 12.6. The van der Waals surface area contributed by atoms with E-state index in [9.17, 15) is 14.3 Å². The molecule has 0 aliphatic rings. The molecule has 0 aromatic heterocycles. The first-order valence-corrected chi connectivity index (χ1v) is 26.6. The van der Waals surface area contributed by atoms with Crippen molar-refractivity contribution in [3.63, 3.8) is 0 Å². The Kier molecular flexibility index (Phi) is 47.8. The van der Waals surface area contributed by atoms with Crippen molar-refractivity contribution in [2.75, 3.05) is 33.0 Å². The summed E-state index contributed by atoms with van der Waals surface area (Å²) in [5.74, 6) is -0.363. The van der Waals surface area contributed by atoms with Gasteiger partial charge in [-0.05, 0) is 89.9 Å². The summed E-state index contributed by atoms with van der Waals surface area (Å²) in [6.45, 7) is 4.75. The number of unbranched alkanes of at least 4 members (excludes halogenated alkanes) is 20. The molecule has 0 aliphatic carbocycles. The molecule has 0 spiro atoms. The Labute approximate surface area is 381 Å². The smallest absolute Gasteiger partial charge is 0.457 e. The van der Waals surface area contributed by atoms with Gasteiger partial charge in [-0.3, -0.25) is 13.8 Å². The van der Waals surface area contributed by atoms with Gasteiger partial charge in [-0.25, -0.2) is 4.57 Å². The van der Waals surface area contributed by atoms with Gasteiger partial charge >= 0.3 is 13.8 Å². The summed E-state index contributed by atoms with van der Waals surface area (Å²) in [6.07, 6.45) is 64.7. The fourth-order valence-corrected chi connectivity index (χ4v) is 7.41. The van der Waals surface area contributed by atoms with Crippen molar-refractivity contribution in [3.05, 3.63) is 85.1 Å². The van der Waals surface area contributed by atoms with Crippen LogP contribution in [0.1, 0.15) is 206 Å². The van der Waals surface area contributed by atoms with Crippen molar-refractivity contribution in [1.29, 1.82) is 0 Å². The molecule has 62 heavy (non-hydrogen) atoms. The van der Waals surface area contributed by atoms with Crippen molar-refractivity contribution in [2.24, 2.45) is 5.73 Å². The molecule has 358 valence electrons. The SMILES string of the molecule is CC/C=C\C/C=C\C/C=C\C/C=C\C/C=C\CCCCCC(=O)OC(COCCCCCCCCCCCCCC/C=C\C/C=C\CCCCCCC)COP(=O)(O)OCCN. The Bertz CT molecular complexity index is 1220. The lowest BCUT2D eigenvalue weighted by Crippen LogP contribution is -2.28. The van der Waals surface area contributed by atoms with Crippen molar-refractivity contribution >= 4 is 13.8 Å². The van der Waals surface area contributed by atoms with Gasteiger partial charge in [0.25, 0.3) is 0 Å². The van der Waals surface area contributed by atoms with E-state index in [0.717, 1.165) is 70.6 Å². The average molecular weight is 888 g/mol. The number of esters is 1. The minimum atomic E-state index is -4.30. The molecule has 9 heteroatoms. The third kappa shape index (κ3) is 48.7. The van der Waals surface area contributed by atoms with Crippen LogP contribution in [0.15, 0.2) is 85.1 Å². The molecule has 0 saturated carbocycles. The summed E-state index contributed by atoms with van der Waals surface area (Å²) < 4.78 is 33.5. The highest BCUT2D eigenvalue weighted by Gasteiger charge is 2.25. The molecule has 0 aromatic carbocycles. The van der Waals surface area contributed by atoms with Crippen molar-refractivity contribution < 1.29 is 32.8 Å². The highest BCUT2D eigenvalue weighted by atomic mass is 31.2. The molecule has 0 bridgehead atoms. The first-order valence-electron chi connectivity index (χ1n) is 25.1.